The minimum atomic E-state index is -1.77. The van der Waals surface area contributed by atoms with Crippen LogP contribution in [0.25, 0.3) is 0 Å². The first-order valence-electron chi connectivity index (χ1n) is 11.0. The minimum absolute atomic E-state index is 0.0974. The second kappa shape index (κ2) is 10.1. The average Bonchev–Trinajstić information content (AvgIpc) is 3.49. The van der Waals surface area contributed by atoms with Crippen molar-refractivity contribution in [3.8, 4) is 0 Å². The van der Waals surface area contributed by atoms with Gasteiger partial charge in [-0.15, -0.1) is 5.10 Å². The molecule has 0 aromatic carbocycles. The molecule has 2 amide bonds. The standard InChI is InChI=1S/C21H25N7O7S2/c1-21(2,3)15-10(9-36-20-23-25-26-27(20)4)14(19(31)32)28-17(30)13(18(28)37(15)33)22-16(29)12(24-34-5)11-7-6-8-35-11/h6-8,13,15,18H,9H2,1-5H3,(H,22,29)(H,31,32)/t13?,15?,18-,37?/m1/s1. The van der Waals surface area contributed by atoms with E-state index in [1.807, 2.05) is 20.8 Å². The van der Waals surface area contributed by atoms with Gasteiger partial charge in [0, 0.05) is 12.8 Å². The van der Waals surface area contributed by atoms with Crippen LogP contribution >= 0.6 is 11.8 Å². The molecule has 2 aliphatic rings. The predicted octanol–water partition coefficient (Wildman–Crippen LogP) is 0.115. The Bertz CT molecular complexity index is 1310. The largest absolute Gasteiger partial charge is 0.477 e. The number of nitrogens with zero attached hydrogens (tertiary/aromatic N) is 6. The van der Waals surface area contributed by atoms with Gasteiger partial charge in [0.05, 0.1) is 22.3 Å². The number of aliphatic carboxylic acids is 1. The number of thioether (sulfide) groups is 1. The second-order valence-electron chi connectivity index (χ2n) is 9.28. The summed E-state index contributed by atoms with van der Waals surface area (Å²) in [7, 11) is 1.11. The predicted molar refractivity (Wildman–Crippen MR) is 130 cm³/mol. The van der Waals surface area contributed by atoms with E-state index in [1.54, 1.807) is 13.1 Å². The Morgan fingerprint density at radius 2 is 2.11 bits per heavy atom. The number of fused-ring (bicyclic) bond motifs is 1. The SMILES string of the molecule is CON=C(C(=O)NC1C(=O)N2C(C(=O)O)=C(CSc3nnnn3C)C(C(C)(C)C)S(=O)[C@H]12)c1ccco1. The molecule has 0 radical (unpaired) electrons. The van der Waals surface area contributed by atoms with Crippen LogP contribution in [0, 0.1) is 5.41 Å². The summed E-state index contributed by atoms with van der Waals surface area (Å²) in [4.78, 5) is 44.3. The zero-order valence-electron chi connectivity index (χ0n) is 20.6. The molecular formula is C21H25N7O7S2. The van der Waals surface area contributed by atoms with Gasteiger partial charge in [-0.1, -0.05) is 37.7 Å². The van der Waals surface area contributed by atoms with E-state index in [1.165, 1.54) is 35.9 Å². The lowest BCUT2D eigenvalue weighted by molar-refractivity contribution is -0.150. The van der Waals surface area contributed by atoms with E-state index in [0.29, 0.717) is 10.7 Å². The van der Waals surface area contributed by atoms with Crippen molar-refractivity contribution < 1.29 is 33.0 Å². The summed E-state index contributed by atoms with van der Waals surface area (Å²) in [6.45, 7) is 5.52. The van der Waals surface area contributed by atoms with E-state index in [9.17, 15) is 23.7 Å². The number of hydrogen-bond donors (Lipinski definition) is 2. The zero-order chi connectivity index (χ0) is 27.1. The molecule has 4 atom stereocenters. The Hall–Kier alpha value is -3.53. The number of amides is 2. The van der Waals surface area contributed by atoms with Gasteiger partial charge in [0.15, 0.2) is 5.76 Å². The van der Waals surface area contributed by atoms with Crippen molar-refractivity contribution in [1.82, 2.24) is 30.4 Å². The van der Waals surface area contributed by atoms with Crippen molar-refractivity contribution in [3.63, 3.8) is 0 Å². The molecule has 4 rings (SSSR count). The molecule has 37 heavy (non-hydrogen) atoms. The first kappa shape index (κ1) is 26.5. The maximum atomic E-state index is 13.9. The Morgan fingerprint density at radius 1 is 1.38 bits per heavy atom. The number of aromatic nitrogens is 4. The third-order valence-corrected chi connectivity index (χ3v) is 9.22. The molecule has 2 N–H and O–H groups in total. The number of carbonyl (C=O) groups is 3. The van der Waals surface area contributed by atoms with Crippen LogP contribution < -0.4 is 5.32 Å². The Kier molecular flexibility index (Phi) is 7.23. The molecule has 2 aromatic heterocycles. The molecule has 0 aliphatic carbocycles. The molecule has 0 spiro atoms. The second-order valence-corrected chi connectivity index (χ2v) is 11.8. The summed E-state index contributed by atoms with van der Waals surface area (Å²) < 4.78 is 20.6. The number of carboxylic acids is 1. The van der Waals surface area contributed by atoms with Crippen LogP contribution in [-0.2, 0) is 37.1 Å². The average molecular weight is 552 g/mol. The summed E-state index contributed by atoms with van der Waals surface area (Å²) in [6.07, 6.45) is 1.34. The van der Waals surface area contributed by atoms with Crippen LogP contribution in [0.4, 0.5) is 0 Å². The monoisotopic (exact) mass is 551 g/mol. The lowest BCUT2D eigenvalue weighted by atomic mass is 9.85. The quantitative estimate of drug-likeness (QED) is 0.197. The highest BCUT2D eigenvalue weighted by Gasteiger charge is 2.61. The highest BCUT2D eigenvalue weighted by molar-refractivity contribution is 7.99. The minimum Gasteiger partial charge on any atom is -0.477 e. The number of oxime groups is 1. The van der Waals surface area contributed by atoms with Crippen molar-refractivity contribution in [1.29, 1.82) is 0 Å². The highest BCUT2D eigenvalue weighted by atomic mass is 32.2. The highest BCUT2D eigenvalue weighted by Crippen LogP contribution is 2.45. The van der Waals surface area contributed by atoms with Gasteiger partial charge in [0.25, 0.3) is 11.8 Å². The van der Waals surface area contributed by atoms with Gasteiger partial charge in [-0.2, -0.15) is 0 Å². The number of tetrazole rings is 1. The number of β-lactam (4-membered cyclic amide) rings is 1. The first-order chi connectivity index (χ1) is 17.5. The van der Waals surface area contributed by atoms with E-state index in [0.717, 1.165) is 4.90 Å². The molecular weight excluding hydrogens is 526 g/mol. The van der Waals surface area contributed by atoms with Crippen LogP contribution in [0.3, 0.4) is 0 Å². The molecule has 3 unspecified atom stereocenters. The van der Waals surface area contributed by atoms with Gasteiger partial charge in [-0.3, -0.25) is 18.7 Å². The fourth-order valence-electron chi connectivity index (χ4n) is 4.29. The van der Waals surface area contributed by atoms with Crippen LogP contribution in [0.5, 0.6) is 0 Å². The maximum Gasteiger partial charge on any atom is 0.352 e. The van der Waals surface area contributed by atoms with Crippen LogP contribution in [0.1, 0.15) is 26.5 Å². The summed E-state index contributed by atoms with van der Waals surface area (Å²) in [5.41, 5.74) is -0.788. The summed E-state index contributed by atoms with van der Waals surface area (Å²) in [5.74, 6) is -2.63. The third kappa shape index (κ3) is 4.77. The molecule has 0 bridgehead atoms. The molecule has 198 valence electrons. The van der Waals surface area contributed by atoms with Gasteiger partial charge >= 0.3 is 5.97 Å². The summed E-state index contributed by atoms with van der Waals surface area (Å²) in [6, 6.07) is 1.80. The maximum absolute atomic E-state index is 13.9. The molecule has 1 fully saturated rings. The first-order valence-corrected chi connectivity index (χ1v) is 13.2. The zero-order valence-corrected chi connectivity index (χ0v) is 22.2. The van der Waals surface area contributed by atoms with Gasteiger partial charge in [0.1, 0.15) is 24.2 Å². The van der Waals surface area contributed by atoms with E-state index in [4.69, 9.17) is 9.25 Å². The van der Waals surface area contributed by atoms with Crippen LogP contribution in [0.2, 0.25) is 0 Å². The fraction of sp³-hybridized carbons (Fsp3) is 0.476. The number of carboxylic acid groups (broad SMARTS) is 1. The van der Waals surface area contributed by atoms with Crippen LogP contribution in [-0.4, -0.2) is 87.4 Å². The molecule has 2 aliphatic heterocycles. The number of rotatable bonds is 8. The van der Waals surface area contributed by atoms with Crippen molar-refractivity contribution in [2.45, 2.75) is 42.6 Å². The molecule has 14 nitrogen and oxygen atoms in total. The Balaban J connectivity index is 1.69. The lowest BCUT2D eigenvalue weighted by Crippen LogP contribution is -2.75. The van der Waals surface area contributed by atoms with Gasteiger partial charge < -0.3 is 19.7 Å². The van der Waals surface area contributed by atoms with E-state index in [2.05, 4.69) is 26.0 Å². The molecule has 0 saturated carbocycles. The van der Waals surface area contributed by atoms with E-state index >= 15 is 0 Å². The van der Waals surface area contributed by atoms with E-state index in [-0.39, 0.29) is 22.9 Å². The number of furan rings is 1. The Labute approximate surface area is 217 Å². The Morgan fingerprint density at radius 3 is 2.65 bits per heavy atom. The van der Waals surface area contributed by atoms with E-state index < -0.39 is 50.7 Å². The molecule has 16 heteroatoms. The summed E-state index contributed by atoms with van der Waals surface area (Å²) >= 11 is 1.17. The number of hydrogen-bond acceptors (Lipinski definition) is 11. The molecule has 1 saturated heterocycles. The smallest absolute Gasteiger partial charge is 0.352 e. The van der Waals surface area contributed by atoms with Crippen molar-refractivity contribution >= 4 is 46.1 Å². The van der Waals surface area contributed by atoms with Crippen molar-refractivity contribution in [3.05, 3.63) is 35.4 Å². The molecule has 4 heterocycles. The normalized spacial score (nSPS) is 24.0. The van der Waals surface area contributed by atoms with Gasteiger partial charge in [-0.25, -0.2) is 9.48 Å². The van der Waals surface area contributed by atoms with Crippen molar-refractivity contribution in [2.75, 3.05) is 12.9 Å². The van der Waals surface area contributed by atoms with Crippen molar-refractivity contribution in [2.24, 2.45) is 17.6 Å². The number of nitrogens with one attached hydrogen (secondary N) is 1. The fourth-order valence-corrected chi connectivity index (χ4v) is 7.62. The van der Waals surface area contributed by atoms with Crippen LogP contribution in [0.15, 0.2) is 44.4 Å². The number of aryl methyl sites for hydroxylation is 1. The topological polar surface area (TPSA) is 182 Å². The third-order valence-electron chi connectivity index (χ3n) is 5.74. The number of carbonyl (C=O) groups excluding carboxylic acids is 2. The summed E-state index contributed by atoms with van der Waals surface area (Å²) in [5, 5.41) is 26.2. The van der Waals surface area contributed by atoms with Gasteiger partial charge in [-0.05, 0) is 33.5 Å². The lowest BCUT2D eigenvalue weighted by Gasteiger charge is -2.53. The van der Waals surface area contributed by atoms with Gasteiger partial charge in [0.2, 0.25) is 10.9 Å². The molecule has 2 aromatic rings.